The molecule has 0 aromatic carbocycles. The molecule has 0 spiro atoms. The Morgan fingerprint density at radius 1 is 1.44 bits per heavy atom. The lowest BCUT2D eigenvalue weighted by Crippen LogP contribution is -2.72. The van der Waals surface area contributed by atoms with Crippen molar-refractivity contribution in [3.63, 3.8) is 0 Å². The summed E-state index contributed by atoms with van der Waals surface area (Å²) in [7, 11) is 0. The smallest absolute Gasteiger partial charge is 0.228 e. The second-order valence-electron chi connectivity index (χ2n) is 6.74. The van der Waals surface area contributed by atoms with Gasteiger partial charge in [-0.05, 0) is 51.4 Å². The van der Waals surface area contributed by atoms with Gasteiger partial charge in [-0.2, -0.15) is 0 Å². The van der Waals surface area contributed by atoms with Crippen molar-refractivity contribution in [2.24, 2.45) is 23.2 Å². The molecule has 2 aliphatic rings. The van der Waals surface area contributed by atoms with E-state index in [1.54, 1.807) is 6.92 Å². The SMILES string of the molecule is C=O.CC.CC(=O)C(CCCl)C1NC(=O)C1(C)C(C)C1C=CCCC1. The normalized spacial score (nSPS) is 29.6. The molecule has 25 heavy (non-hydrogen) atoms. The van der Waals surface area contributed by atoms with Gasteiger partial charge < -0.3 is 10.1 Å². The van der Waals surface area contributed by atoms with Gasteiger partial charge >= 0.3 is 0 Å². The summed E-state index contributed by atoms with van der Waals surface area (Å²) in [6.45, 7) is 11.8. The molecule has 5 unspecified atom stereocenters. The monoisotopic (exact) mass is 371 g/mol. The number of amides is 1. The summed E-state index contributed by atoms with van der Waals surface area (Å²) in [5, 5.41) is 2.98. The second kappa shape index (κ2) is 11.5. The lowest BCUT2D eigenvalue weighted by atomic mass is 9.57. The minimum absolute atomic E-state index is 0.0772. The van der Waals surface area contributed by atoms with Gasteiger partial charge in [-0.3, -0.25) is 9.59 Å². The predicted molar refractivity (Wildman–Crippen MR) is 104 cm³/mol. The number of hydrogen-bond acceptors (Lipinski definition) is 3. The van der Waals surface area contributed by atoms with Crippen molar-refractivity contribution in [3.8, 4) is 0 Å². The van der Waals surface area contributed by atoms with Crippen molar-refractivity contribution in [3.05, 3.63) is 12.2 Å². The molecule has 5 heteroatoms. The summed E-state index contributed by atoms with van der Waals surface area (Å²) in [4.78, 5) is 32.2. The van der Waals surface area contributed by atoms with Gasteiger partial charge in [0.25, 0.3) is 0 Å². The number of carbonyl (C=O) groups excluding carboxylic acids is 3. The highest BCUT2D eigenvalue weighted by atomic mass is 35.5. The largest absolute Gasteiger partial charge is 0.351 e. The van der Waals surface area contributed by atoms with Crippen LogP contribution < -0.4 is 5.32 Å². The number of allylic oxidation sites excluding steroid dienone is 2. The highest BCUT2D eigenvalue weighted by Crippen LogP contribution is 2.47. The Balaban J connectivity index is 0.00000134. The lowest BCUT2D eigenvalue weighted by molar-refractivity contribution is -0.156. The van der Waals surface area contributed by atoms with Crippen LogP contribution in [-0.4, -0.2) is 30.4 Å². The zero-order valence-corrected chi connectivity index (χ0v) is 17.1. The summed E-state index contributed by atoms with van der Waals surface area (Å²) < 4.78 is 0. The minimum atomic E-state index is -0.464. The first-order valence-corrected chi connectivity index (χ1v) is 9.79. The number of nitrogens with one attached hydrogen (secondary N) is 1. The van der Waals surface area contributed by atoms with E-state index in [1.807, 2.05) is 27.6 Å². The number of β-lactam (4-membered cyclic amide) rings is 1. The molecule has 0 aromatic heterocycles. The Hall–Kier alpha value is -1.16. The van der Waals surface area contributed by atoms with E-state index in [2.05, 4.69) is 24.4 Å². The second-order valence-corrected chi connectivity index (χ2v) is 7.12. The summed E-state index contributed by atoms with van der Waals surface area (Å²) in [5.41, 5.74) is -0.464. The highest BCUT2D eigenvalue weighted by molar-refractivity contribution is 6.18. The lowest BCUT2D eigenvalue weighted by Gasteiger charge is -2.54. The predicted octanol–water partition coefficient (Wildman–Crippen LogP) is 4.16. The highest BCUT2D eigenvalue weighted by Gasteiger charge is 2.58. The van der Waals surface area contributed by atoms with Gasteiger partial charge in [0.15, 0.2) is 0 Å². The van der Waals surface area contributed by atoms with Crippen molar-refractivity contribution < 1.29 is 14.4 Å². The van der Waals surface area contributed by atoms with Crippen molar-refractivity contribution in [2.75, 3.05) is 5.88 Å². The van der Waals surface area contributed by atoms with Gasteiger partial charge in [-0.1, -0.05) is 32.9 Å². The van der Waals surface area contributed by atoms with E-state index in [4.69, 9.17) is 16.4 Å². The van der Waals surface area contributed by atoms with Gasteiger partial charge in [0.1, 0.15) is 12.6 Å². The van der Waals surface area contributed by atoms with E-state index < -0.39 is 5.41 Å². The minimum Gasteiger partial charge on any atom is -0.351 e. The van der Waals surface area contributed by atoms with Crippen LogP contribution in [0.15, 0.2) is 12.2 Å². The van der Waals surface area contributed by atoms with Crippen molar-refractivity contribution in [1.82, 2.24) is 5.32 Å². The maximum atomic E-state index is 12.3. The third-order valence-electron chi connectivity index (χ3n) is 5.65. The molecule has 0 bridgehead atoms. The summed E-state index contributed by atoms with van der Waals surface area (Å²) in [6, 6.07) is -0.0772. The van der Waals surface area contributed by atoms with Gasteiger partial charge in [-0.15, -0.1) is 11.6 Å². The van der Waals surface area contributed by atoms with Gasteiger partial charge in [0, 0.05) is 11.8 Å². The Labute approximate surface area is 157 Å². The van der Waals surface area contributed by atoms with Crippen molar-refractivity contribution in [1.29, 1.82) is 0 Å². The summed E-state index contributed by atoms with van der Waals surface area (Å²) in [5.74, 6) is 1.16. The molecule has 4 nitrogen and oxygen atoms in total. The van der Waals surface area contributed by atoms with E-state index >= 15 is 0 Å². The van der Waals surface area contributed by atoms with Crippen molar-refractivity contribution in [2.45, 2.75) is 66.3 Å². The number of carbonyl (C=O) groups is 3. The van der Waals surface area contributed by atoms with Crippen LogP contribution in [0.5, 0.6) is 0 Å². The zero-order valence-electron chi connectivity index (χ0n) is 16.3. The fourth-order valence-electron chi connectivity index (χ4n) is 3.94. The van der Waals surface area contributed by atoms with Gasteiger partial charge in [-0.25, -0.2) is 0 Å². The van der Waals surface area contributed by atoms with Gasteiger partial charge in [0.05, 0.1) is 11.5 Å². The number of rotatable bonds is 6. The van der Waals surface area contributed by atoms with E-state index in [9.17, 15) is 9.59 Å². The molecular weight excluding hydrogens is 338 g/mol. The molecule has 1 heterocycles. The molecule has 5 atom stereocenters. The molecule has 144 valence electrons. The van der Waals surface area contributed by atoms with Crippen LogP contribution in [0.25, 0.3) is 0 Å². The third kappa shape index (κ3) is 5.16. The molecule has 1 aliphatic heterocycles. The average Bonchev–Trinajstić information content (AvgIpc) is 2.67. The first kappa shape index (κ1) is 23.8. The van der Waals surface area contributed by atoms with E-state index in [0.29, 0.717) is 18.2 Å². The molecule has 0 saturated carbocycles. The van der Waals surface area contributed by atoms with Crippen LogP contribution in [0.4, 0.5) is 0 Å². The topological polar surface area (TPSA) is 63.2 Å². The van der Waals surface area contributed by atoms with Crippen LogP contribution in [0, 0.1) is 23.2 Å². The van der Waals surface area contributed by atoms with Crippen LogP contribution in [0.2, 0.25) is 0 Å². The Morgan fingerprint density at radius 3 is 2.44 bits per heavy atom. The van der Waals surface area contributed by atoms with E-state index in [0.717, 1.165) is 12.8 Å². The number of Topliss-reactive ketones (excluding diaryl/α,β-unsaturated/α-hetero) is 1. The number of alkyl halides is 1. The average molecular weight is 372 g/mol. The Morgan fingerprint density at radius 2 is 2.04 bits per heavy atom. The fraction of sp³-hybridized carbons (Fsp3) is 0.750. The van der Waals surface area contributed by atoms with Crippen molar-refractivity contribution >= 4 is 30.1 Å². The van der Waals surface area contributed by atoms with E-state index in [-0.39, 0.29) is 29.6 Å². The maximum Gasteiger partial charge on any atom is 0.228 e. The third-order valence-corrected chi connectivity index (χ3v) is 5.86. The Kier molecular flexibility index (Phi) is 10.9. The molecule has 1 saturated heterocycles. The Bertz CT molecular complexity index is 466. The first-order valence-electron chi connectivity index (χ1n) is 9.25. The molecule has 0 aromatic rings. The maximum absolute atomic E-state index is 12.3. The quantitative estimate of drug-likeness (QED) is 0.433. The molecule has 1 N–H and O–H groups in total. The van der Waals surface area contributed by atoms with E-state index in [1.165, 1.54) is 6.42 Å². The van der Waals surface area contributed by atoms with Crippen LogP contribution in [0.3, 0.4) is 0 Å². The summed E-state index contributed by atoms with van der Waals surface area (Å²) >= 11 is 5.85. The molecule has 1 fully saturated rings. The number of ketones is 1. The molecule has 1 amide bonds. The van der Waals surface area contributed by atoms with Crippen LogP contribution >= 0.6 is 11.6 Å². The molecule has 2 rings (SSSR count). The molecule has 0 radical (unpaired) electrons. The fourth-order valence-corrected chi connectivity index (χ4v) is 4.18. The summed E-state index contributed by atoms with van der Waals surface area (Å²) in [6.07, 6.45) is 8.56. The molecular formula is C20H34ClNO3. The number of hydrogen-bond donors (Lipinski definition) is 1. The van der Waals surface area contributed by atoms with Crippen LogP contribution in [-0.2, 0) is 14.4 Å². The number of halogens is 1. The standard InChI is InChI=1S/C17H26ClNO2.C2H6.CH2O/c1-11(13-7-5-4-6-8-13)17(3)15(19-16(17)21)14(9-10-18)12(2)20;2*1-2/h5,7,11,13-15H,4,6,8-10H2,1-3H3,(H,19,21);1-2H3;1H2. The first-order chi connectivity index (χ1) is 11.9. The zero-order chi connectivity index (χ0) is 19.6. The molecule has 1 aliphatic carbocycles. The van der Waals surface area contributed by atoms with Gasteiger partial charge in [0.2, 0.25) is 5.91 Å². The van der Waals surface area contributed by atoms with Crippen LogP contribution in [0.1, 0.15) is 60.3 Å².